The monoisotopic (exact) mass is 254 g/mol. The zero-order chi connectivity index (χ0) is 13.1. The Balaban J connectivity index is 2.30. The van der Waals surface area contributed by atoms with Gasteiger partial charge in [-0.25, -0.2) is 8.78 Å². The summed E-state index contributed by atoms with van der Waals surface area (Å²) in [4.78, 5) is 2.24. The van der Waals surface area contributed by atoms with E-state index >= 15 is 0 Å². The molecule has 0 amide bonds. The van der Waals surface area contributed by atoms with E-state index in [9.17, 15) is 8.78 Å². The Labute approximate surface area is 107 Å². The first-order chi connectivity index (χ1) is 8.61. The molecule has 4 heteroatoms. The fourth-order valence-electron chi connectivity index (χ4n) is 2.84. The lowest BCUT2D eigenvalue weighted by Crippen LogP contribution is -2.46. The van der Waals surface area contributed by atoms with Gasteiger partial charge >= 0.3 is 0 Å². The van der Waals surface area contributed by atoms with E-state index in [0.29, 0.717) is 5.56 Å². The number of halogens is 2. The van der Waals surface area contributed by atoms with Gasteiger partial charge < -0.3 is 5.73 Å². The van der Waals surface area contributed by atoms with Crippen molar-refractivity contribution in [2.75, 3.05) is 13.1 Å². The second-order valence-corrected chi connectivity index (χ2v) is 4.99. The van der Waals surface area contributed by atoms with Crippen molar-refractivity contribution in [2.45, 2.75) is 38.3 Å². The van der Waals surface area contributed by atoms with Crippen molar-refractivity contribution in [3.8, 4) is 0 Å². The highest BCUT2D eigenvalue weighted by Crippen LogP contribution is 2.31. The zero-order valence-electron chi connectivity index (χ0n) is 10.7. The Morgan fingerprint density at radius 3 is 2.56 bits per heavy atom. The summed E-state index contributed by atoms with van der Waals surface area (Å²) in [6.45, 7) is 3.96. The van der Waals surface area contributed by atoms with E-state index in [0.717, 1.165) is 38.4 Å². The molecule has 2 nitrogen and oxygen atoms in total. The molecule has 100 valence electrons. The second-order valence-electron chi connectivity index (χ2n) is 4.99. The number of benzene rings is 1. The second kappa shape index (κ2) is 5.76. The highest BCUT2D eigenvalue weighted by Gasteiger charge is 2.30. The van der Waals surface area contributed by atoms with Crippen LogP contribution in [0.1, 0.15) is 37.8 Å². The smallest absolute Gasteiger partial charge is 0.126 e. The lowest BCUT2D eigenvalue weighted by Gasteiger charge is -2.40. The molecule has 2 N–H and O–H groups in total. The van der Waals surface area contributed by atoms with Crippen LogP contribution in [-0.4, -0.2) is 24.0 Å². The average Bonchev–Trinajstić information content (AvgIpc) is 2.28. The van der Waals surface area contributed by atoms with Crippen LogP contribution in [0, 0.1) is 11.6 Å². The van der Waals surface area contributed by atoms with Gasteiger partial charge in [-0.1, -0.05) is 6.92 Å². The van der Waals surface area contributed by atoms with Crippen molar-refractivity contribution >= 4 is 0 Å². The number of piperidine rings is 1. The van der Waals surface area contributed by atoms with E-state index in [4.69, 9.17) is 5.73 Å². The van der Waals surface area contributed by atoms with E-state index < -0.39 is 11.6 Å². The van der Waals surface area contributed by atoms with Crippen molar-refractivity contribution in [1.29, 1.82) is 0 Å². The molecule has 18 heavy (non-hydrogen) atoms. The molecule has 0 aromatic heterocycles. The molecular formula is C14H20F2N2. The lowest BCUT2D eigenvalue weighted by atomic mass is 9.90. The van der Waals surface area contributed by atoms with Gasteiger partial charge in [0, 0.05) is 12.1 Å². The molecule has 0 radical (unpaired) electrons. The molecule has 0 aliphatic carbocycles. The number of nitrogens with two attached hydrogens (primary N) is 1. The summed E-state index contributed by atoms with van der Waals surface area (Å²) in [7, 11) is 0. The molecule has 1 aliphatic rings. The van der Waals surface area contributed by atoms with Gasteiger partial charge in [0.15, 0.2) is 0 Å². The zero-order valence-corrected chi connectivity index (χ0v) is 10.7. The first kappa shape index (κ1) is 13.4. The maximum atomic E-state index is 13.3. The molecule has 0 spiro atoms. The van der Waals surface area contributed by atoms with Crippen molar-refractivity contribution in [2.24, 2.45) is 5.73 Å². The third-order valence-electron chi connectivity index (χ3n) is 3.52. The minimum atomic E-state index is -0.528. The summed E-state index contributed by atoms with van der Waals surface area (Å²) in [5.41, 5.74) is 6.81. The van der Waals surface area contributed by atoms with Crippen LogP contribution in [0.15, 0.2) is 18.2 Å². The molecule has 1 heterocycles. The maximum Gasteiger partial charge on any atom is 0.126 e. The van der Waals surface area contributed by atoms with Crippen LogP contribution in [0.4, 0.5) is 8.78 Å². The molecule has 1 fully saturated rings. The predicted molar refractivity (Wildman–Crippen MR) is 68.2 cm³/mol. The summed E-state index contributed by atoms with van der Waals surface area (Å²) >= 11 is 0. The molecule has 1 aliphatic heterocycles. The number of hydrogen-bond donors (Lipinski definition) is 1. The van der Waals surface area contributed by atoms with Gasteiger partial charge in [-0.3, -0.25) is 4.90 Å². The third kappa shape index (κ3) is 2.87. The van der Waals surface area contributed by atoms with E-state index in [1.165, 1.54) is 12.1 Å². The first-order valence-electron chi connectivity index (χ1n) is 6.57. The summed E-state index contributed by atoms with van der Waals surface area (Å²) in [5.74, 6) is -1.06. The Kier molecular flexibility index (Phi) is 4.30. The molecule has 1 saturated heterocycles. The van der Waals surface area contributed by atoms with E-state index in [2.05, 4.69) is 11.8 Å². The fourth-order valence-corrected chi connectivity index (χ4v) is 2.84. The number of rotatable bonds is 3. The fraction of sp³-hybridized carbons (Fsp3) is 0.571. The molecule has 0 saturated carbocycles. The Hall–Kier alpha value is -1.00. The maximum absolute atomic E-state index is 13.3. The lowest BCUT2D eigenvalue weighted by molar-refractivity contribution is 0.128. The van der Waals surface area contributed by atoms with Crippen LogP contribution in [0.2, 0.25) is 0 Å². The van der Waals surface area contributed by atoms with Crippen molar-refractivity contribution < 1.29 is 8.78 Å². The van der Waals surface area contributed by atoms with Crippen molar-refractivity contribution in [3.05, 3.63) is 35.4 Å². The highest BCUT2D eigenvalue weighted by molar-refractivity contribution is 5.23. The SMILES string of the molecule is CCCN1CCCC(N)C1c1cc(F)cc(F)c1. The topological polar surface area (TPSA) is 29.3 Å². The van der Waals surface area contributed by atoms with Crippen LogP contribution < -0.4 is 5.73 Å². The van der Waals surface area contributed by atoms with Gasteiger partial charge in [-0.2, -0.15) is 0 Å². The number of hydrogen-bond acceptors (Lipinski definition) is 2. The van der Waals surface area contributed by atoms with Gasteiger partial charge in [0.2, 0.25) is 0 Å². The van der Waals surface area contributed by atoms with E-state index in [1.54, 1.807) is 0 Å². The largest absolute Gasteiger partial charge is 0.326 e. The van der Waals surface area contributed by atoms with Crippen LogP contribution in [0.5, 0.6) is 0 Å². The molecule has 0 bridgehead atoms. The number of likely N-dealkylation sites (tertiary alicyclic amines) is 1. The third-order valence-corrected chi connectivity index (χ3v) is 3.52. The molecule has 2 atom stereocenters. The quantitative estimate of drug-likeness (QED) is 0.898. The Bertz CT molecular complexity index is 387. The van der Waals surface area contributed by atoms with Crippen LogP contribution in [-0.2, 0) is 0 Å². The standard InChI is InChI=1S/C14H20F2N2/c1-2-5-18-6-3-4-13(17)14(18)10-7-11(15)9-12(16)8-10/h7-9,13-14H,2-6,17H2,1H3. The normalized spacial score (nSPS) is 25.3. The van der Waals surface area contributed by atoms with E-state index in [-0.39, 0.29) is 12.1 Å². The summed E-state index contributed by atoms with van der Waals surface area (Å²) < 4.78 is 26.6. The molecule has 2 unspecified atom stereocenters. The van der Waals surface area contributed by atoms with Gasteiger partial charge in [0.25, 0.3) is 0 Å². The average molecular weight is 254 g/mol. The van der Waals surface area contributed by atoms with Gasteiger partial charge in [0.1, 0.15) is 11.6 Å². The van der Waals surface area contributed by atoms with Gasteiger partial charge in [-0.05, 0) is 50.0 Å². The minimum Gasteiger partial charge on any atom is -0.326 e. The minimum absolute atomic E-state index is 0.0495. The van der Waals surface area contributed by atoms with Crippen LogP contribution in [0.3, 0.4) is 0 Å². The molecule has 1 aromatic carbocycles. The van der Waals surface area contributed by atoms with Crippen molar-refractivity contribution in [3.63, 3.8) is 0 Å². The molecule has 2 rings (SSSR count). The Morgan fingerprint density at radius 1 is 1.28 bits per heavy atom. The van der Waals surface area contributed by atoms with Gasteiger partial charge in [0.05, 0.1) is 6.04 Å². The summed E-state index contributed by atoms with van der Waals surface area (Å²) in [6, 6.07) is 3.60. The van der Waals surface area contributed by atoms with Gasteiger partial charge in [-0.15, -0.1) is 0 Å². The first-order valence-corrected chi connectivity index (χ1v) is 6.57. The van der Waals surface area contributed by atoms with E-state index in [1.807, 2.05) is 0 Å². The predicted octanol–water partition coefficient (Wildman–Crippen LogP) is 2.84. The van der Waals surface area contributed by atoms with Crippen molar-refractivity contribution in [1.82, 2.24) is 4.90 Å². The number of nitrogens with zero attached hydrogens (tertiary/aromatic N) is 1. The summed E-state index contributed by atoms with van der Waals surface area (Å²) in [5, 5.41) is 0. The summed E-state index contributed by atoms with van der Waals surface area (Å²) in [6.07, 6.45) is 2.97. The molecular weight excluding hydrogens is 234 g/mol. The van der Waals surface area contributed by atoms with Crippen LogP contribution in [0.25, 0.3) is 0 Å². The van der Waals surface area contributed by atoms with Crippen LogP contribution >= 0.6 is 0 Å². The Morgan fingerprint density at radius 2 is 1.94 bits per heavy atom. The highest BCUT2D eigenvalue weighted by atomic mass is 19.1. The molecule has 1 aromatic rings.